The van der Waals surface area contributed by atoms with Gasteiger partial charge in [0.2, 0.25) is 0 Å². The summed E-state index contributed by atoms with van der Waals surface area (Å²) in [6.07, 6.45) is 6.07. The first-order valence-electron chi connectivity index (χ1n) is 16.9. The molecular formula is C38H41F3N2O4S. The van der Waals surface area contributed by atoms with E-state index < -0.39 is 39.7 Å². The smallest absolute Gasteiger partial charge is 0.416 e. The third-order valence-electron chi connectivity index (χ3n) is 13.5. The second-order valence-corrected chi connectivity index (χ2v) is 16.4. The van der Waals surface area contributed by atoms with Crippen molar-refractivity contribution in [1.82, 2.24) is 9.97 Å². The molecule has 3 aromatic rings. The minimum absolute atomic E-state index is 0.0252. The van der Waals surface area contributed by atoms with Gasteiger partial charge in [0, 0.05) is 39.2 Å². The number of thioether (sulfide) groups is 1. The monoisotopic (exact) mass is 678 g/mol. The maximum absolute atomic E-state index is 14.7. The van der Waals surface area contributed by atoms with Crippen molar-refractivity contribution >= 4 is 28.6 Å². The number of halogens is 3. The number of alkyl halides is 3. The molecule has 3 saturated carbocycles. The third kappa shape index (κ3) is 4.27. The summed E-state index contributed by atoms with van der Waals surface area (Å²) in [4.78, 5) is 22.7. The summed E-state index contributed by atoms with van der Waals surface area (Å²) in [6.45, 7) is 4.45. The van der Waals surface area contributed by atoms with Gasteiger partial charge in [0.15, 0.2) is 10.9 Å². The number of carbonyl (C=O) groups is 1. The van der Waals surface area contributed by atoms with E-state index in [1.165, 1.54) is 23.9 Å². The Morgan fingerprint density at radius 3 is 2.56 bits per heavy atom. The molecule has 6 nitrogen and oxygen atoms in total. The quantitative estimate of drug-likeness (QED) is 0.138. The summed E-state index contributed by atoms with van der Waals surface area (Å²) in [5.74, 6) is 0.702. The molecule has 2 bridgehead atoms. The number of fused-ring (bicyclic) bond motifs is 2. The number of ether oxygens (including phenoxy) is 1. The Bertz CT molecular complexity index is 1890. The zero-order valence-electron chi connectivity index (χ0n) is 27.4. The average molecular weight is 679 g/mol. The number of Topliss-reactive ketones (excluding diaryl/α,β-unsaturated/α-hetero) is 1. The van der Waals surface area contributed by atoms with Crippen LogP contribution in [0.3, 0.4) is 0 Å². The number of imidazole rings is 1. The van der Waals surface area contributed by atoms with Crippen molar-refractivity contribution in [3.8, 4) is 5.75 Å². The first-order chi connectivity index (χ1) is 22.7. The summed E-state index contributed by atoms with van der Waals surface area (Å²) in [5.41, 5.74) is -1.79. The van der Waals surface area contributed by atoms with E-state index in [-0.39, 0.29) is 28.6 Å². The molecule has 3 fully saturated rings. The van der Waals surface area contributed by atoms with Crippen molar-refractivity contribution in [1.29, 1.82) is 0 Å². The number of aromatic nitrogens is 2. The molecule has 48 heavy (non-hydrogen) atoms. The summed E-state index contributed by atoms with van der Waals surface area (Å²) in [5, 5.41) is 24.2. The standard InChI is InChI=1S/C38H41F3N2O4S/c1-33-12-9-24(44)19-35(33)15-16-37(26(20-35)31(45)22-5-4-6-23(17-22)38(39,40)41)29(33)10-13-34(2)30(37)11-14-36(34,46)21-48-32-42-27-8-7-25(47-3)18-28(27)43-32/h4-8,15-18,20,24,29-30,44,46H,9-14,19,21H2,1-3H3,(H,42,43). The number of allylic oxidation sites excluding steroid dienone is 4. The van der Waals surface area contributed by atoms with Crippen LogP contribution in [0.5, 0.6) is 5.75 Å². The molecule has 9 rings (SSSR count). The number of nitrogens with one attached hydrogen (secondary N) is 1. The molecule has 2 aromatic carbocycles. The van der Waals surface area contributed by atoms with E-state index in [1.54, 1.807) is 7.11 Å². The summed E-state index contributed by atoms with van der Waals surface area (Å²) < 4.78 is 46.8. The van der Waals surface area contributed by atoms with Crippen LogP contribution in [0.25, 0.3) is 11.0 Å². The Morgan fingerprint density at radius 1 is 1.04 bits per heavy atom. The van der Waals surface area contributed by atoms with Crippen LogP contribution in [0, 0.1) is 33.5 Å². The Balaban J connectivity index is 1.19. The van der Waals surface area contributed by atoms with Crippen molar-refractivity contribution < 1.29 is 32.9 Å². The molecule has 2 spiro atoms. The molecule has 6 aliphatic carbocycles. The molecule has 254 valence electrons. The van der Waals surface area contributed by atoms with E-state index in [1.807, 2.05) is 24.3 Å². The lowest BCUT2D eigenvalue weighted by Crippen LogP contribution is -2.67. The van der Waals surface area contributed by atoms with E-state index in [4.69, 9.17) is 9.72 Å². The highest BCUT2D eigenvalue weighted by Crippen LogP contribution is 2.78. The van der Waals surface area contributed by atoms with E-state index in [9.17, 15) is 28.2 Å². The molecule has 8 atom stereocenters. The van der Waals surface area contributed by atoms with Crippen LogP contribution in [0.4, 0.5) is 13.2 Å². The van der Waals surface area contributed by atoms with Crippen LogP contribution in [-0.4, -0.2) is 50.5 Å². The van der Waals surface area contributed by atoms with Crippen molar-refractivity contribution in [2.24, 2.45) is 33.5 Å². The highest BCUT2D eigenvalue weighted by Gasteiger charge is 2.74. The topological polar surface area (TPSA) is 95.4 Å². The van der Waals surface area contributed by atoms with E-state index in [0.29, 0.717) is 42.2 Å². The second-order valence-electron chi connectivity index (χ2n) is 15.4. The first-order valence-corrected chi connectivity index (χ1v) is 17.9. The predicted molar refractivity (Wildman–Crippen MR) is 178 cm³/mol. The molecule has 10 heteroatoms. The highest BCUT2D eigenvalue weighted by atomic mass is 32.2. The van der Waals surface area contributed by atoms with Gasteiger partial charge in [-0.2, -0.15) is 13.2 Å². The molecule has 0 radical (unpaired) electrons. The van der Waals surface area contributed by atoms with Gasteiger partial charge < -0.3 is 19.9 Å². The second kappa shape index (κ2) is 10.5. The molecular weight excluding hydrogens is 637 g/mol. The van der Waals surface area contributed by atoms with Gasteiger partial charge in [0.1, 0.15) is 5.75 Å². The fourth-order valence-corrected chi connectivity index (χ4v) is 12.1. The van der Waals surface area contributed by atoms with Crippen molar-refractivity contribution in [3.05, 3.63) is 77.4 Å². The molecule has 3 N–H and O–H groups in total. The predicted octanol–water partition coefficient (Wildman–Crippen LogP) is 8.16. The van der Waals surface area contributed by atoms with Gasteiger partial charge in [0.05, 0.1) is 35.4 Å². The molecule has 0 aliphatic heterocycles. The molecule has 8 unspecified atom stereocenters. The van der Waals surface area contributed by atoms with Crippen LogP contribution in [0.15, 0.2) is 71.4 Å². The minimum atomic E-state index is -4.57. The number of carbonyl (C=O) groups excluding carboxylic acids is 1. The number of H-pyrrole nitrogens is 1. The van der Waals surface area contributed by atoms with Crippen LogP contribution in [-0.2, 0) is 6.18 Å². The fraction of sp³-hybridized carbons (Fsp3) is 0.526. The number of aromatic amines is 1. The van der Waals surface area contributed by atoms with E-state index in [2.05, 4.69) is 31.0 Å². The number of benzene rings is 2. The number of rotatable bonds is 6. The molecule has 1 heterocycles. The number of methoxy groups -OCH3 is 1. The van der Waals surface area contributed by atoms with Crippen molar-refractivity contribution in [2.75, 3.05) is 12.9 Å². The van der Waals surface area contributed by atoms with Crippen molar-refractivity contribution in [2.45, 2.75) is 81.8 Å². The van der Waals surface area contributed by atoms with Gasteiger partial charge in [-0.05, 0) is 86.5 Å². The zero-order valence-corrected chi connectivity index (χ0v) is 28.2. The Hall–Kier alpha value is -3.08. The van der Waals surface area contributed by atoms with Crippen molar-refractivity contribution in [3.63, 3.8) is 0 Å². The first kappa shape index (κ1) is 32.1. The van der Waals surface area contributed by atoms with Gasteiger partial charge in [-0.1, -0.05) is 56.0 Å². The van der Waals surface area contributed by atoms with Gasteiger partial charge in [-0.25, -0.2) is 4.98 Å². The molecule has 1 aromatic heterocycles. The summed E-state index contributed by atoms with van der Waals surface area (Å²) in [6, 6.07) is 10.4. The van der Waals surface area contributed by atoms with Gasteiger partial charge in [0.25, 0.3) is 0 Å². The molecule has 0 saturated heterocycles. The van der Waals surface area contributed by atoms with Crippen LogP contribution in [0.2, 0.25) is 0 Å². The Labute approximate surface area is 282 Å². The number of nitrogens with zero attached hydrogens (tertiary/aromatic N) is 1. The van der Waals surface area contributed by atoms with E-state index in [0.717, 1.165) is 48.2 Å². The van der Waals surface area contributed by atoms with Gasteiger partial charge in [-0.15, -0.1) is 0 Å². The van der Waals surface area contributed by atoms with Gasteiger partial charge >= 0.3 is 6.18 Å². The average Bonchev–Trinajstić information content (AvgIpc) is 3.60. The van der Waals surface area contributed by atoms with Crippen LogP contribution < -0.4 is 4.74 Å². The molecule has 6 aliphatic rings. The van der Waals surface area contributed by atoms with E-state index >= 15 is 0 Å². The lowest BCUT2D eigenvalue weighted by Gasteiger charge is -2.71. The normalized spacial score (nSPS) is 38.3. The van der Waals surface area contributed by atoms with Crippen LogP contribution in [0.1, 0.15) is 74.7 Å². The number of aliphatic hydroxyl groups excluding tert-OH is 1. The third-order valence-corrected chi connectivity index (χ3v) is 14.6. The number of hydrogen-bond acceptors (Lipinski definition) is 6. The lowest BCUT2D eigenvalue weighted by molar-refractivity contribution is -0.166. The summed E-state index contributed by atoms with van der Waals surface area (Å²) in [7, 11) is 1.62. The largest absolute Gasteiger partial charge is 0.497 e. The number of ketones is 1. The number of hydrogen-bond donors (Lipinski definition) is 3. The Kier molecular flexibility index (Phi) is 7.01. The SMILES string of the molecule is COc1ccc2nc(SCC3(O)CCC4C56C=CC7(C=C5C(=O)c5cccc(C(F)(F)F)c5)CC(O)CCC7(C)C6CCC43C)[nH]c2c1. The maximum Gasteiger partial charge on any atom is 0.416 e. The lowest BCUT2D eigenvalue weighted by atomic mass is 9.32. The van der Waals surface area contributed by atoms with Gasteiger partial charge in [-0.3, -0.25) is 4.79 Å². The van der Waals surface area contributed by atoms with Crippen LogP contribution >= 0.6 is 11.8 Å². The minimum Gasteiger partial charge on any atom is -0.497 e. The molecule has 0 amide bonds. The fourth-order valence-electron chi connectivity index (χ4n) is 10.9. The number of aliphatic hydroxyl groups is 2. The summed E-state index contributed by atoms with van der Waals surface area (Å²) >= 11 is 1.49. The zero-order chi connectivity index (χ0) is 33.9. The Morgan fingerprint density at radius 2 is 1.79 bits per heavy atom. The maximum atomic E-state index is 14.7. The highest BCUT2D eigenvalue weighted by molar-refractivity contribution is 7.99.